The summed E-state index contributed by atoms with van der Waals surface area (Å²) in [6, 6.07) is 8.19. The molecule has 1 atom stereocenters. The summed E-state index contributed by atoms with van der Waals surface area (Å²) in [5.41, 5.74) is 0.705. The van der Waals surface area contributed by atoms with E-state index in [-0.39, 0.29) is 12.1 Å². The van der Waals surface area contributed by atoms with Gasteiger partial charge in [-0.15, -0.1) is 0 Å². The molecule has 1 aromatic rings. The molecule has 2 rings (SSSR count). The van der Waals surface area contributed by atoms with Gasteiger partial charge in [-0.2, -0.15) is 0 Å². The standard InChI is InChI=1S/C17H26O3Si/c1-7-21(8-2)15-10-9-13(11-14(15)12(3)20-21)19-16(18)17(4,5)6/h9-12H,7-8H2,1-6H3. The molecule has 0 aromatic heterocycles. The van der Waals surface area contributed by atoms with Crippen molar-refractivity contribution in [2.45, 2.75) is 59.7 Å². The Labute approximate surface area is 128 Å². The third-order valence-corrected chi connectivity index (χ3v) is 8.85. The number of esters is 1. The first-order chi connectivity index (χ1) is 9.73. The zero-order valence-corrected chi connectivity index (χ0v) is 14.9. The number of fused-ring (bicyclic) bond motifs is 1. The number of rotatable bonds is 3. The molecule has 1 heterocycles. The molecule has 0 saturated heterocycles. The van der Waals surface area contributed by atoms with Gasteiger partial charge in [0.1, 0.15) is 5.75 Å². The van der Waals surface area contributed by atoms with Crippen LogP contribution in [0.5, 0.6) is 5.75 Å². The van der Waals surface area contributed by atoms with E-state index in [1.807, 2.05) is 32.9 Å². The number of benzene rings is 1. The lowest BCUT2D eigenvalue weighted by atomic mass is 9.97. The Morgan fingerprint density at radius 1 is 1.29 bits per heavy atom. The van der Waals surface area contributed by atoms with E-state index in [1.165, 1.54) is 10.8 Å². The van der Waals surface area contributed by atoms with Crippen LogP contribution in [0.2, 0.25) is 12.1 Å². The van der Waals surface area contributed by atoms with E-state index in [2.05, 4.69) is 26.8 Å². The van der Waals surface area contributed by atoms with Crippen LogP contribution in [0.1, 0.15) is 53.2 Å². The molecule has 0 bridgehead atoms. The van der Waals surface area contributed by atoms with Gasteiger partial charge in [-0.1, -0.05) is 19.9 Å². The van der Waals surface area contributed by atoms with Crippen molar-refractivity contribution in [3.8, 4) is 5.75 Å². The fourth-order valence-electron chi connectivity index (χ4n) is 2.88. The van der Waals surface area contributed by atoms with E-state index in [0.29, 0.717) is 5.75 Å². The van der Waals surface area contributed by atoms with Crippen molar-refractivity contribution < 1.29 is 14.0 Å². The molecule has 1 aromatic carbocycles. The average molecular weight is 306 g/mol. The highest BCUT2D eigenvalue weighted by Crippen LogP contribution is 2.36. The van der Waals surface area contributed by atoms with E-state index in [1.54, 1.807) is 0 Å². The van der Waals surface area contributed by atoms with Gasteiger partial charge in [-0.3, -0.25) is 4.79 Å². The van der Waals surface area contributed by atoms with Crippen molar-refractivity contribution >= 4 is 19.5 Å². The number of carbonyl (C=O) groups is 1. The molecule has 1 unspecified atom stereocenters. The Kier molecular flexibility index (Phi) is 4.31. The maximum absolute atomic E-state index is 12.0. The Morgan fingerprint density at radius 3 is 2.43 bits per heavy atom. The zero-order valence-electron chi connectivity index (χ0n) is 13.9. The second-order valence-corrected chi connectivity index (χ2v) is 11.0. The predicted octanol–water partition coefficient (Wildman–Crippen LogP) is 3.92. The molecule has 4 heteroatoms. The van der Waals surface area contributed by atoms with Gasteiger partial charge in [0.2, 0.25) is 8.32 Å². The van der Waals surface area contributed by atoms with Crippen LogP contribution < -0.4 is 9.92 Å². The fraction of sp³-hybridized carbons (Fsp3) is 0.588. The van der Waals surface area contributed by atoms with Crippen LogP contribution in [0.3, 0.4) is 0 Å². The van der Waals surface area contributed by atoms with Gasteiger partial charge < -0.3 is 9.16 Å². The predicted molar refractivity (Wildman–Crippen MR) is 87.4 cm³/mol. The van der Waals surface area contributed by atoms with Crippen molar-refractivity contribution in [3.05, 3.63) is 23.8 Å². The Balaban J connectivity index is 2.33. The molecule has 0 amide bonds. The molecule has 1 aliphatic heterocycles. The largest absolute Gasteiger partial charge is 0.426 e. The molecule has 0 saturated carbocycles. The summed E-state index contributed by atoms with van der Waals surface area (Å²) >= 11 is 0. The molecule has 1 aliphatic rings. The van der Waals surface area contributed by atoms with Crippen molar-refractivity contribution in [1.82, 2.24) is 0 Å². The molecular weight excluding hydrogens is 280 g/mol. The number of hydrogen-bond donors (Lipinski definition) is 0. The van der Waals surface area contributed by atoms with E-state index in [4.69, 9.17) is 9.16 Å². The van der Waals surface area contributed by atoms with E-state index < -0.39 is 13.7 Å². The Bertz CT molecular complexity index is 541. The SMILES string of the molecule is CC[Si]1(CC)OC(C)c2cc(OC(=O)C(C)(C)C)ccc21. The topological polar surface area (TPSA) is 35.5 Å². The number of hydrogen-bond acceptors (Lipinski definition) is 3. The van der Waals surface area contributed by atoms with Gasteiger partial charge in [-0.05, 0) is 62.7 Å². The second-order valence-electron chi connectivity index (χ2n) is 6.85. The first kappa shape index (κ1) is 16.2. The molecule has 0 radical (unpaired) electrons. The third kappa shape index (κ3) is 2.92. The average Bonchev–Trinajstić information content (AvgIpc) is 2.71. The highest BCUT2D eigenvalue weighted by molar-refractivity contribution is 6.87. The minimum Gasteiger partial charge on any atom is -0.426 e. The van der Waals surface area contributed by atoms with Gasteiger partial charge in [0.25, 0.3) is 0 Å². The van der Waals surface area contributed by atoms with Crippen LogP contribution in [0.15, 0.2) is 18.2 Å². The normalized spacial score (nSPS) is 20.2. The van der Waals surface area contributed by atoms with Crippen LogP contribution in [-0.2, 0) is 9.22 Å². The van der Waals surface area contributed by atoms with Gasteiger partial charge in [0.15, 0.2) is 0 Å². The van der Waals surface area contributed by atoms with Crippen LogP contribution in [0.4, 0.5) is 0 Å². The molecule has 0 aliphatic carbocycles. The van der Waals surface area contributed by atoms with E-state index in [9.17, 15) is 4.79 Å². The van der Waals surface area contributed by atoms with Crippen molar-refractivity contribution in [1.29, 1.82) is 0 Å². The van der Waals surface area contributed by atoms with Gasteiger partial charge in [0, 0.05) is 0 Å². The molecule has 116 valence electrons. The summed E-state index contributed by atoms with van der Waals surface area (Å²) in [6.07, 6.45) is 0.0971. The molecule has 0 fully saturated rings. The van der Waals surface area contributed by atoms with Gasteiger partial charge in [-0.25, -0.2) is 0 Å². The van der Waals surface area contributed by atoms with Crippen LogP contribution in [0, 0.1) is 5.41 Å². The summed E-state index contributed by atoms with van der Waals surface area (Å²) in [6.45, 7) is 12.1. The fourth-order valence-corrected chi connectivity index (χ4v) is 6.59. The lowest BCUT2D eigenvalue weighted by Crippen LogP contribution is -2.45. The Morgan fingerprint density at radius 2 is 1.90 bits per heavy atom. The summed E-state index contributed by atoms with van der Waals surface area (Å²) in [5, 5.41) is 1.37. The van der Waals surface area contributed by atoms with Crippen molar-refractivity contribution in [2.75, 3.05) is 0 Å². The summed E-state index contributed by atoms with van der Waals surface area (Å²) in [7, 11) is -1.80. The minimum atomic E-state index is -1.80. The zero-order chi connectivity index (χ0) is 15.8. The molecule has 0 spiro atoms. The molecule has 3 nitrogen and oxygen atoms in total. The lowest BCUT2D eigenvalue weighted by Gasteiger charge is -2.24. The lowest BCUT2D eigenvalue weighted by molar-refractivity contribution is -0.143. The van der Waals surface area contributed by atoms with E-state index >= 15 is 0 Å². The minimum absolute atomic E-state index is 0.0971. The maximum atomic E-state index is 12.0. The quantitative estimate of drug-likeness (QED) is 0.482. The van der Waals surface area contributed by atoms with Crippen LogP contribution >= 0.6 is 0 Å². The smallest absolute Gasteiger partial charge is 0.316 e. The van der Waals surface area contributed by atoms with Gasteiger partial charge in [0.05, 0.1) is 11.5 Å². The maximum Gasteiger partial charge on any atom is 0.316 e. The Hall–Kier alpha value is -1.13. The van der Waals surface area contributed by atoms with Gasteiger partial charge >= 0.3 is 5.97 Å². The van der Waals surface area contributed by atoms with E-state index in [0.717, 1.165) is 12.1 Å². The van der Waals surface area contributed by atoms with Crippen molar-refractivity contribution in [3.63, 3.8) is 0 Å². The summed E-state index contributed by atoms with van der Waals surface area (Å²) in [5.74, 6) is 0.421. The van der Waals surface area contributed by atoms with Crippen LogP contribution in [-0.4, -0.2) is 14.3 Å². The van der Waals surface area contributed by atoms with Crippen LogP contribution in [0.25, 0.3) is 0 Å². The van der Waals surface area contributed by atoms with Crippen molar-refractivity contribution in [2.24, 2.45) is 5.41 Å². The summed E-state index contributed by atoms with van der Waals surface area (Å²) < 4.78 is 11.9. The molecule has 21 heavy (non-hydrogen) atoms. The molecule has 0 N–H and O–H groups in total. The highest BCUT2D eigenvalue weighted by atomic mass is 28.4. The summed E-state index contributed by atoms with van der Waals surface area (Å²) in [4.78, 5) is 12.0. The first-order valence-corrected chi connectivity index (χ1v) is 10.1. The first-order valence-electron chi connectivity index (χ1n) is 7.78. The second kappa shape index (κ2) is 5.58. The molecular formula is C17H26O3Si. The third-order valence-electron chi connectivity index (χ3n) is 4.32. The number of ether oxygens (including phenoxy) is 1. The number of carbonyl (C=O) groups excluding carboxylic acids is 1. The highest BCUT2D eigenvalue weighted by Gasteiger charge is 2.43. The monoisotopic (exact) mass is 306 g/mol.